The SMILES string of the molecule is COc1ccccc1N1CCN(C(=S)NC(=O)C=Cc2ccc(F)cc2)CC1. The van der Waals surface area contributed by atoms with Crippen LogP contribution in [0.3, 0.4) is 0 Å². The van der Waals surface area contributed by atoms with E-state index < -0.39 is 0 Å². The second-order valence-corrected chi connectivity index (χ2v) is 6.71. The first-order valence-electron chi connectivity index (χ1n) is 8.98. The summed E-state index contributed by atoms with van der Waals surface area (Å²) < 4.78 is 18.3. The zero-order chi connectivity index (χ0) is 19.9. The number of hydrogen-bond donors (Lipinski definition) is 1. The topological polar surface area (TPSA) is 44.8 Å². The Hall–Kier alpha value is -2.93. The maximum absolute atomic E-state index is 12.9. The Morgan fingerprint density at radius 3 is 2.46 bits per heavy atom. The van der Waals surface area contributed by atoms with Gasteiger partial charge < -0.3 is 14.5 Å². The van der Waals surface area contributed by atoms with E-state index in [1.807, 2.05) is 29.2 Å². The lowest BCUT2D eigenvalue weighted by Gasteiger charge is -2.37. The van der Waals surface area contributed by atoms with Gasteiger partial charge in [0.25, 0.3) is 0 Å². The summed E-state index contributed by atoms with van der Waals surface area (Å²) in [4.78, 5) is 16.3. The number of benzene rings is 2. The molecule has 1 amide bonds. The van der Waals surface area contributed by atoms with Gasteiger partial charge >= 0.3 is 0 Å². The molecule has 0 bridgehead atoms. The number of amides is 1. The smallest absolute Gasteiger partial charge is 0.250 e. The van der Waals surface area contributed by atoms with E-state index in [0.717, 1.165) is 30.1 Å². The van der Waals surface area contributed by atoms with Crippen molar-refractivity contribution in [3.8, 4) is 5.75 Å². The molecular weight excluding hydrogens is 377 g/mol. The van der Waals surface area contributed by atoms with E-state index in [-0.39, 0.29) is 11.7 Å². The Bertz CT molecular complexity index is 862. The van der Waals surface area contributed by atoms with Gasteiger partial charge in [-0.15, -0.1) is 0 Å². The van der Waals surface area contributed by atoms with Gasteiger partial charge in [0.05, 0.1) is 12.8 Å². The number of ether oxygens (including phenoxy) is 1. The number of methoxy groups -OCH3 is 1. The molecular formula is C21H22FN3O2S. The second-order valence-electron chi connectivity index (χ2n) is 6.33. The Morgan fingerprint density at radius 1 is 1.11 bits per heavy atom. The van der Waals surface area contributed by atoms with E-state index in [1.165, 1.54) is 18.2 Å². The first kappa shape index (κ1) is 19.8. The molecule has 0 radical (unpaired) electrons. The van der Waals surface area contributed by atoms with Gasteiger partial charge in [0.2, 0.25) is 5.91 Å². The standard InChI is InChI=1S/C21H22FN3O2S/c1-27-19-5-3-2-4-18(19)24-12-14-25(15-13-24)21(28)23-20(26)11-8-16-6-9-17(22)10-7-16/h2-11H,12-15H2,1H3,(H,23,26,28). The van der Waals surface area contributed by atoms with Crippen molar-refractivity contribution < 1.29 is 13.9 Å². The highest BCUT2D eigenvalue weighted by molar-refractivity contribution is 7.80. The molecule has 1 N–H and O–H groups in total. The van der Waals surface area contributed by atoms with Crippen molar-refractivity contribution in [2.24, 2.45) is 0 Å². The first-order chi connectivity index (χ1) is 13.6. The van der Waals surface area contributed by atoms with Gasteiger partial charge in [-0.25, -0.2) is 4.39 Å². The molecule has 28 heavy (non-hydrogen) atoms. The molecule has 5 nitrogen and oxygen atoms in total. The molecule has 0 atom stereocenters. The molecule has 1 heterocycles. The lowest BCUT2D eigenvalue weighted by atomic mass is 10.2. The molecule has 0 aromatic heterocycles. The normalized spacial score (nSPS) is 14.2. The van der Waals surface area contributed by atoms with Crippen LogP contribution in [0.4, 0.5) is 10.1 Å². The van der Waals surface area contributed by atoms with Crippen LogP contribution in [0.1, 0.15) is 5.56 Å². The summed E-state index contributed by atoms with van der Waals surface area (Å²) in [7, 11) is 1.67. The molecule has 3 rings (SSSR count). The largest absolute Gasteiger partial charge is 0.495 e. The zero-order valence-electron chi connectivity index (χ0n) is 15.6. The highest BCUT2D eigenvalue weighted by Crippen LogP contribution is 2.28. The lowest BCUT2D eigenvalue weighted by molar-refractivity contribution is -0.115. The number of carbonyl (C=O) groups is 1. The van der Waals surface area contributed by atoms with Crippen LogP contribution in [-0.4, -0.2) is 49.2 Å². The third kappa shape index (κ3) is 5.07. The number of thiocarbonyl (C=S) groups is 1. The number of halogens is 1. The van der Waals surface area contributed by atoms with Crippen LogP contribution in [0.15, 0.2) is 54.6 Å². The predicted octanol–water partition coefficient (Wildman–Crippen LogP) is 3.07. The summed E-state index contributed by atoms with van der Waals surface area (Å²) in [5, 5.41) is 3.13. The average molecular weight is 399 g/mol. The molecule has 1 aliphatic rings. The van der Waals surface area contributed by atoms with Gasteiger partial charge in [0, 0.05) is 32.3 Å². The van der Waals surface area contributed by atoms with Gasteiger partial charge in [0.15, 0.2) is 5.11 Å². The minimum atomic E-state index is -0.310. The fourth-order valence-corrected chi connectivity index (χ4v) is 3.30. The van der Waals surface area contributed by atoms with Crippen molar-refractivity contribution in [2.75, 3.05) is 38.2 Å². The summed E-state index contributed by atoms with van der Waals surface area (Å²) in [5.41, 5.74) is 1.80. The van der Waals surface area contributed by atoms with Crippen LogP contribution in [0.5, 0.6) is 5.75 Å². The number of hydrogen-bond acceptors (Lipinski definition) is 4. The van der Waals surface area contributed by atoms with Gasteiger partial charge in [-0.3, -0.25) is 10.1 Å². The summed E-state index contributed by atoms with van der Waals surface area (Å²) in [6.45, 7) is 2.97. The third-order valence-electron chi connectivity index (χ3n) is 4.52. The van der Waals surface area contributed by atoms with Crippen molar-refractivity contribution in [3.63, 3.8) is 0 Å². The van der Waals surface area contributed by atoms with Crippen molar-refractivity contribution >= 4 is 35.0 Å². The highest BCUT2D eigenvalue weighted by Gasteiger charge is 2.21. The number of carbonyl (C=O) groups excluding carboxylic acids is 1. The van der Waals surface area contributed by atoms with Crippen molar-refractivity contribution in [1.82, 2.24) is 10.2 Å². The number of anilines is 1. The molecule has 1 fully saturated rings. The number of para-hydroxylation sites is 2. The van der Waals surface area contributed by atoms with Crippen LogP contribution in [0, 0.1) is 5.82 Å². The summed E-state index contributed by atoms with van der Waals surface area (Å²) in [5.74, 6) is 0.231. The Kier molecular flexibility index (Phi) is 6.60. The maximum Gasteiger partial charge on any atom is 0.250 e. The second kappa shape index (κ2) is 9.32. The molecule has 2 aromatic rings. The Morgan fingerprint density at radius 2 is 1.79 bits per heavy atom. The fraction of sp³-hybridized carbons (Fsp3) is 0.238. The van der Waals surface area contributed by atoms with Crippen LogP contribution < -0.4 is 15.0 Å². The van der Waals surface area contributed by atoms with Crippen LogP contribution >= 0.6 is 12.2 Å². The van der Waals surface area contributed by atoms with E-state index in [2.05, 4.69) is 10.2 Å². The molecule has 0 saturated carbocycles. The number of nitrogens with one attached hydrogen (secondary N) is 1. The molecule has 146 valence electrons. The van der Waals surface area contributed by atoms with Gasteiger partial charge in [-0.1, -0.05) is 24.3 Å². The summed E-state index contributed by atoms with van der Waals surface area (Å²) >= 11 is 5.37. The molecule has 7 heteroatoms. The minimum Gasteiger partial charge on any atom is -0.495 e. The lowest BCUT2D eigenvalue weighted by Crippen LogP contribution is -2.52. The van der Waals surface area contributed by atoms with E-state index in [9.17, 15) is 9.18 Å². The summed E-state index contributed by atoms with van der Waals surface area (Å²) in [6.07, 6.45) is 3.02. The maximum atomic E-state index is 12.9. The van der Waals surface area contributed by atoms with Crippen molar-refractivity contribution in [2.45, 2.75) is 0 Å². The zero-order valence-corrected chi connectivity index (χ0v) is 16.4. The van der Waals surface area contributed by atoms with E-state index in [1.54, 1.807) is 25.3 Å². The average Bonchev–Trinajstić information content (AvgIpc) is 2.73. The summed E-state index contributed by atoms with van der Waals surface area (Å²) in [6, 6.07) is 13.8. The van der Waals surface area contributed by atoms with E-state index >= 15 is 0 Å². The van der Waals surface area contributed by atoms with Crippen LogP contribution in [0.2, 0.25) is 0 Å². The van der Waals surface area contributed by atoms with Crippen molar-refractivity contribution in [3.05, 3.63) is 66.0 Å². The molecule has 2 aromatic carbocycles. The number of piperazine rings is 1. The van der Waals surface area contributed by atoms with Crippen LogP contribution in [0.25, 0.3) is 6.08 Å². The first-order valence-corrected chi connectivity index (χ1v) is 9.39. The van der Waals surface area contributed by atoms with E-state index in [4.69, 9.17) is 17.0 Å². The quantitative estimate of drug-likeness (QED) is 0.632. The van der Waals surface area contributed by atoms with E-state index in [0.29, 0.717) is 18.2 Å². The van der Waals surface area contributed by atoms with Gasteiger partial charge in [-0.05, 0) is 48.1 Å². The minimum absolute atomic E-state index is 0.304. The van der Waals surface area contributed by atoms with Crippen molar-refractivity contribution in [1.29, 1.82) is 0 Å². The Labute approximate surface area is 169 Å². The Balaban J connectivity index is 1.51. The monoisotopic (exact) mass is 399 g/mol. The fourth-order valence-electron chi connectivity index (χ4n) is 3.01. The molecule has 1 aliphatic heterocycles. The molecule has 1 saturated heterocycles. The molecule has 0 unspecified atom stereocenters. The van der Waals surface area contributed by atoms with Gasteiger partial charge in [-0.2, -0.15) is 0 Å². The number of nitrogens with zero attached hydrogens (tertiary/aromatic N) is 2. The highest BCUT2D eigenvalue weighted by atomic mass is 32.1. The molecule has 0 spiro atoms. The molecule has 0 aliphatic carbocycles. The van der Waals surface area contributed by atoms with Gasteiger partial charge in [0.1, 0.15) is 11.6 Å². The predicted molar refractivity (Wildman–Crippen MR) is 113 cm³/mol. The third-order valence-corrected chi connectivity index (χ3v) is 4.88. The number of rotatable bonds is 4. The van der Waals surface area contributed by atoms with Crippen LogP contribution in [-0.2, 0) is 4.79 Å².